The standard InChI is InChI=1S/C14H23N3O2S/c1-17-9-6-13-10-12(4-5-14(13)17)11-15-7-3-8-16-20(2,18)19/h4-5,10,15-16H,3,6-9,11H2,1-2H3. The second kappa shape index (κ2) is 6.56. The van der Waals surface area contributed by atoms with Gasteiger partial charge in [0.1, 0.15) is 0 Å². The van der Waals surface area contributed by atoms with E-state index in [0.29, 0.717) is 6.54 Å². The third-order valence-corrected chi connectivity index (χ3v) is 4.22. The highest BCUT2D eigenvalue weighted by Crippen LogP contribution is 2.27. The summed E-state index contributed by atoms with van der Waals surface area (Å²) in [5.41, 5.74) is 4.05. The monoisotopic (exact) mass is 297 g/mol. The fourth-order valence-corrected chi connectivity index (χ4v) is 2.95. The van der Waals surface area contributed by atoms with E-state index < -0.39 is 10.0 Å². The van der Waals surface area contributed by atoms with Crippen LogP contribution in [0.4, 0.5) is 5.69 Å². The van der Waals surface area contributed by atoms with E-state index in [1.54, 1.807) is 0 Å². The van der Waals surface area contributed by atoms with Crippen molar-refractivity contribution in [3.63, 3.8) is 0 Å². The molecule has 0 fully saturated rings. The lowest BCUT2D eigenvalue weighted by molar-refractivity contribution is 0.579. The van der Waals surface area contributed by atoms with Crippen LogP contribution < -0.4 is 14.9 Å². The van der Waals surface area contributed by atoms with Crippen LogP contribution in [0, 0.1) is 0 Å². The number of sulfonamides is 1. The van der Waals surface area contributed by atoms with Gasteiger partial charge in [0, 0.05) is 32.4 Å². The van der Waals surface area contributed by atoms with Crippen molar-refractivity contribution in [2.75, 3.05) is 37.8 Å². The summed E-state index contributed by atoms with van der Waals surface area (Å²) >= 11 is 0. The predicted molar refractivity (Wildman–Crippen MR) is 82.6 cm³/mol. The number of nitrogens with one attached hydrogen (secondary N) is 2. The van der Waals surface area contributed by atoms with E-state index in [4.69, 9.17) is 0 Å². The summed E-state index contributed by atoms with van der Waals surface area (Å²) < 4.78 is 24.3. The molecular weight excluding hydrogens is 274 g/mol. The van der Waals surface area contributed by atoms with E-state index in [2.05, 4.69) is 40.2 Å². The van der Waals surface area contributed by atoms with Gasteiger partial charge in [0.15, 0.2) is 0 Å². The maximum absolute atomic E-state index is 10.9. The summed E-state index contributed by atoms with van der Waals surface area (Å²) in [5.74, 6) is 0. The van der Waals surface area contributed by atoms with Crippen LogP contribution >= 0.6 is 0 Å². The van der Waals surface area contributed by atoms with Gasteiger partial charge in [-0.15, -0.1) is 0 Å². The molecule has 0 aromatic heterocycles. The van der Waals surface area contributed by atoms with Crippen LogP contribution in [0.25, 0.3) is 0 Å². The van der Waals surface area contributed by atoms with Crippen LogP contribution in [0.15, 0.2) is 18.2 Å². The van der Waals surface area contributed by atoms with Crippen molar-refractivity contribution in [3.8, 4) is 0 Å². The molecule has 1 aliphatic heterocycles. The fraction of sp³-hybridized carbons (Fsp3) is 0.571. The number of hydrogen-bond acceptors (Lipinski definition) is 4. The zero-order valence-electron chi connectivity index (χ0n) is 12.1. The average Bonchev–Trinajstić information content (AvgIpc) is 2.74. The average molecular weight is 297 g/mol. The van der Waals surface area contributed by atoms with Crippen molar-refractivity contribution >= 4 is 15.7 Å². The fourth-order valence-electron chi connectivity index (χ4n) is 2.43. The molecule has 0 spiro atoms. The second-order valence-electron chi connectivity index (χ2n) is 5.33. The zero-order chi connectivity index (χ0) is 14.6. The Morgan fingerprint density at radius 2 is 2.10 bits per heavy atom. The van der Waals surface area contributed by atoms with Crippen molar-refractivity contribution in [2.24, 2.45) is 0 Å². The van der Waals surface area contributed by atoms with Crippen LogP contribution in [0.2, 0.25) is 0 Å². The summed E-state index contributed by atoms with van der Waals surface area (Å²) in [6, 6.07) is 6.60. The van der Waals surface area contributed by atoms with Gasteiger partial charge in [0.25, 0.3) is 0 Å². The number of benzene rings is 1. The molecule has 0 atom stereocenters. The van der Waals surface area contributed by atoms with Gasteiger partial charge in [-0.3, -0.25) is 0 Å². The minimum atomic E-state index is -3.06. The Kier molecular flexibility index (Phi) is 5.01. The quantitative estimate of drug-likeness (QED) is 0.728. The molecule has 1 aliphatic rings. The number of rotatable bonds is 7. The predicted octanol–water partition coefficient (Wildman–Crippen LogP) is 0.708. The topological polar surface area (TPSA) is 61.4 Å². The SMILES string of the molecule is CN1CCc2cc(CNCCCNS(C)(=O)=O)ccc21. The van der Waals surface area contributed by atoms with Gasteiger partial charge in [0.05, 0.1) is 6.26 Å². The van der Waals surface area contributed by atoms with E-state index in [1.807, 2.05) is 0 Å². The molecule has 6 heteroatoms. The summed E-state index contributed by atoms with van der Waals surface area (Å²) in [7, 11) is -0.934. The maximum Gasteiger partial charge on any atom is 0.208 e. The van der Waals surface area contributed by atoms with Crippen LogP contribution in [-0.4, -0.2) is 41.4 Å². The highest BCUT2D eigenvalue weighted by atomic mass is 32.2. The summed E-state index contributed by atoms with van der Waals surface area (Å²) in [4.78, 5) is 2.28. The molecule has 5 nitrogen and oxygen atoms in total. The van der Waals surface area contributed by atoms with E-state index >= 15 is 0 Å². The Labute approximate surface area is 121 Å². The Morgan fingerprint density at radius 3 is 2.85 bits per heavy atom. The molecule has 1 aromatic carbocycles. The van der Waals surface area contributed by atoms with Crippen molar-refractivity contribution in [2.45, 2.75) is 19.4 Å². The summed E-state index contributed by atoms with van der Waals surface area (Å²) in [6.07, 6.45) is 3.10. The van der Waals surface area contributed by atoms with Crippen LogP contribution in [-0.2, 0) is 23.0 Å². The molecule has 1 aromatic rings. The first kappa shape index (κ1) is 15.3. The zero-order valence-corrected chi connectivity index (χ0v) is 13.0. The van der Waals surface area contributed by atoms with Gasteiger partial charge in [-0.1, -0.05) is 12.1 Å². The number of nitrogens with zero attached hydrogens (tertiary/aromatic N) is 1. The molecule has 1 heterocycles. The van der Waals surface area contributed by atoms with Crippen LogP contribution in [0.5, 0.6) is 0 Å². The summed E-state index contributed by atoms with van der Waals surface area (Å²) in [6.45, 7) is 3.22. The third-order valence-electron chi connectivity index (χ3n) is 3.50. The van der Waals surface area contributed by atoms with Gasteiger partial charge in [-0.05, 0) is 36.6 Å². The lowest BCUT2D eigenvalue weighted by atomic mass is 10.1. The van der Waals surface area contributed by atoms with Gasteiger partial charge in [-0.25, -0.2) is 13.1 Å². The molecule has 0 bridgehead atoms. The van der Waals surface area contributed by atoms with E-state index in [9.17, 15) is 8.42 Å². The molecule has 0 radical (unpaired) electrons. The molecule has 0 amide bonds. The Morgan fingerprint density at radius 1 is 1.30 bits per heavy atom. The molecular formula is C14H23N3O2S. The van der Waals surface area contributed by atoms with E-state index in [-0.39, 0.29) is 0 Å². The molecule has 0 saturated heterocycles. The number of anilines is 1. The second-order valence-corrected chi connectivity index (χ2v) is 7.16. The molecule has 0 saturated carbocycles. The first-order chi connectivity index (χ1) is 9.46. The molecule has 2 rings (SSSR count). The van der Waals surface area contributed by atoms with Gasteiger partial charge in [0.2, 0.25) is 10.0 Å². The van der Waals surface area contributed by atoms with Crippen molar-refractivity contribution in [1.29, 1.82) is 0 Å². The first-order valence-electron chi connectivity index (χ1n) is 6.94. The summed E-state index contributed by atoms with van der Waals surface area (Å²) in [5, 5.41) is 3.34. The molecule has 2 N–H and O–H groups in total. The third kappa shape index (κ3) is 4.47. The Hall–Kier alpha value is -1.11. The Bertz CT molecular complexity index is 558. The van der Waals surface area contributed by atoms with E-state index in [1.165, 1.54) is 23.1 Å². The van der Waals surface area contributed by atoms with Crippen molar-refractivity contribution in [3.05, 3.63) is 29.3 Å². The first-order valence-corrected chi connectivity index (χ1v) is 8.83. The number of hydrogen-bond donors (Lipinski definition) is 2. The van der Waals surface area contributed by atoms with Crippen LogP contribution in [0.3, 0.4) is 0 Å². The maximum atomic E-state index is 10.9. The smallest absolute Gasteiger partial charge is 0.208 e. The Balaban J connectivity index is 1.70. The van der Waals surface area contributed by atoms with Gasteiger partial charge < -0.3 is 10.2 Å². The minimum absolute atomic E-state index is 0.487. The van der Waals surface area contributed by atoms with Crippen molar-refractivity contribution < 1.29 is 8.42 Å². The van der Waals surface area contributed by atoms with Gasteiger partial charge in [-0.2, -0.15) is 0 Å². The van der Waals surface area contributed by atoms with Gasteiger partial charge >= 0.3 is 0 Å². The lowest BCUT2D eigenvalue weighted by Crippen LogP contribution is -2.26. The van der Waals surface area contributed by atoms with E-state index in [0.717, 1.165) is 32.5 Å². The number of likely N-dealkylation sites (N-methyl/N-ethyl adjacent to an activating group) is 1. The van der Waals surface area contributed by atoms with Crippen LogP contribution in [0.1, 0.15) is 17.5 Å². The normalized spacial score (nSPS) is 14.6. The molecule has 20 heavy (non-hydrogen) atoms. The highest BCUT2D eigenvalue weighted by Gasteiger charge is 2.15. The lowest BCUT2D eigenvalue weighted by Gasteiger charge is -2.12. The molecule has 0 unspecified atom stereocenters. The largest absolute Gasteiger partial charge is 0.374 e. The van der Waals surface area contributed by atoms with Crippen molar-refractivity contribution in [1.82, 2.24) is 10.0 Å². The molecule has 0 aliphatic carbocycles. The number of fused-ring (bicyclic) bond motifs is 1. The minimum Gasteiger partial charge on any atom is -0.374 e. The molecule has 112 valence electrons. The highest BCUT2D eigenvalue weighted by molar-refractivity contribution is 7.88.